The molecule has 1 heterocycles. The fourth-order valence-electron chi connectivity index (χ4n) is 2.30. The van der Waals surface area contributed by atoms with Crippen molar-refractivity contribution >= 4 is 11.6 Å². The van der Waals surface area contributed by atoms with Gasteiger partial charge in [0, 0.05) is 18.4 Å². The molecule has 1 saturated heterocycles. The lowest BCUT2D eigenvalue weighted by Crippen LogP contribution is -2.15. The smallest absolute Gasteiger partial charge is 0.373 e. The Kier molecular flexibility index (Phi) is 4.44. The number of hydrogen-bond acceptors (Lipinski definition) is 1. The summed E-state index contributed by atoms with van der Waals surface area (Å²) in [6.45, 7) is 0.264. The summed E-state index contributed by atoms with van der Waals surface area (Å²) in [5, 5.41) is 0. The molecule has 21 heavy (non-hydrogen) atoms. The third kappa shape index (κ3) is 3.63. The van der Waals surface area contributed by atoms with Crippen molar-refractivity contribution < 1.29 is 31.1 Å². The highest BCUT2D eigenvalue weighted by molar-refractivity contribution is 6.18. The van der Waals surface area contributed by atoms with Gasteiger partial charge in [-0.2, -0.15) is 26.3 Å². The molecule has 0 radical (unpaired) electrons. The fraction of sp³-hybridized carbons (Fsp3) is 0.538. The van der Waals surface area contributed by atoms with Crippen LogP contribution in [0.25, 0.3) is 0 Å². The van der Waals surface area contributed by atoms with Crippen molar-refractivity contribution in [2.75, 3.05) is 12.5 Å². The Morgan fingerprint density at radius 3 is 1.95 bits per heavy atom. The van der Waals surface area contributed by atoms with Crippen molar-refractivity contribution in [1.82, 2.24) is 0 Å². The summed E-state index contributed by atoms with van der Waals surface area (Å²) in [5.74, 6) is -0.182. The van der Waals surface area contributed by atoms with Crippen LogP contribution in [0.15, 0.2) is 18.2 Å². The SMILES string of the molecule is FC(F)(F)c1cc(C2OCCC2CCl)cc(C(F)(F)F)c1. The van der Waals surface area contributed by atoms with E-state index >= 15 is 0 Å². The molecule has 0 amide bonds. The lowest BCUT2D eigenvalue weighted by molar-refractivity contribution is -0.143. The van der Waals surface area contributed by atoms with Gasteiger partial charge < -0.3 is 4.74 Å². The van der Waals surface area contributed by atoms with E-state index in [1.165, 1.54) is 0 Å². The summed E-state index contributed by atoms with van der Waals surface area (Å²) >= 11 is 5.69. The largest absolute Gasteiger partial charge is 0.416 e. The first-order valence-corrected chi connectivity index (χ1v) is 6.63. The van der Waals surface area contributed by atoms with Crippen LogP contribution in [0.5, 0.6) is 0 Å². The monoisotopic (exact) mass is 332 g/mol. The standard InChI is InChI=1S/C13H11ClF6O/c14-6-7-1-2-21-11(7)8-3-9(12(15,16)17)5-10(4-8)13(18,19)20/h3-5,7,11H,1-2,6H2. The molecule has 1 aromatic carbocycles. The molecular weight excluding hydrogens is 322 g/mol. The van der Waals surface area contributed by atoms with E-state index in [1.807, 2.05) is 0 Å². The maximum absolute atomic E-state index is 12.8. The highest BCUT2D eigenvalue weighted by Crippen LogP contribution is 2.41. The summed E-state index contributed by atoms with van der Waals surface area (Å²) in [7, 11) is 0. The maximum atomic E-state index is 12.8. The van der Waals surface area contributed by atoms with E-state index in [-0.39, 0.29) is 30.0 Å². The zero-order valence-electron chi connectivity index (χ0n) is 10.6. The van der Waals surface area contributed by atoms with Crippen LogP contribution in [0.3, 0.4) is 0 Å². The molecule has 0 saturated carbocycles. The van der Waals surface area contributed by atoms with E-state index in [9.17, 15) is 26.3 Å². The van der Waals surface area contributed by atoms with Gasteiger partial charge in [-0.3, -0.25) is 0 Å². The molecule has 8 heteroatoms. The Balaban J connectivity index is 2.50. The van der Waals surface area contributed by atoms with Crippen LogP contribution in [-0.4, -0.2) is 12.5 Å². The van der Waals surface area contributed by atoms with Crippen molar-refractivity contribution in [2.24, 2.45) is 5.92 Å². The summed E-state index contributed by atoms with van der Waals surface area (Å²) < 4.78 is 81.9. The molecule has 1 aliphatic heterocycles. The van der Waals surface area contributed by atoms with Crippen molar-refractivity contribution in [2.45, 2.75) is 24.9 Å². The first-order chi connectivity index (χ1) is 9.63. The highest BCUT2D eigenvalue weighted by Gasteiger charge is 2.39. The van der Waals surface area contributed by atoms with Crippen LogP contribution < -0.4 is 0 Å². The molecule has 0 aromatic heterocycles. The van der Waals surface area contributed by atoms with Gasteiger partial charge in [0.1, 0.15) is 0 Å². The van der Waals surface area contributed by atoms with Gasteiger partial charge in [0.15, 0.2) is 0 Å². The normalized spacial score (nSPS) is 23.6. The Hall–Kier alpha value is -0.950. The van der Waals surface area contributed by atoms with Crippen molar-refractivity contribution in [3.63, 3.8) is 0 Å². The van der Waals surface area contributed by atoms with Gasteiger partial charge in [-0.1, -0.05) is 0 Å². The minimum absolute atomic E-state index is 0.105. The lowest BCUT2D eigenvalue weighted by Gasteiger charge is -2.20. The number of halogens is 7. The number of rotatable bonds is 2. The Morgan fingerprint density at radius 1 is 1.00 bits per heavy atom. The van der Waals surface area contributed by atoms with Gasteiger partial charge in [-0.25, -0.2) is 0 Å². The van der Waals surface area contributed by atoms with Gasteiger partial charge in [-0.15, -0.1) is 11.6 Å². The second-order valence-corrected chi connectivity index (χ2v) is 5.14. The molecule has 0 bridgehead atoms. The number of benzene rings is 1. The van der Waals surface area contributed by atoms with Crippen LogP contribution in [0.1, 0.15) is 29.2 Å². The summed E-state index contributed by atoms with van der Waals surface area (Å²) in [4.78, 5) is 0. The third-order valence-corrected chi connectivity index (χ3v) is 3.75. The van der Waals surface area contributed by atoms with Crippen LogP contribution in [0.4, 0.5) is 26.3 Å². The highest BCUT2D eigenvalue weighted by atomic mass is 35.5. The molecule has 118 valence electrons. The summed E-state index contributed by atoms with van der Waals surface area (Å²) in [5.41, 5.74) is -2.81. The van der Waals surface area contributed by atoms with Gasteiger partial charge in [-0.05, 0) is 30.2 Å². The minimum atomic E-state index is -4.86. The molecule has 2 unspecified atom stereocenters. The quantitative estimate of drug-likeness (QED) is 0.544. The average Bonchev–Trinajstić information content (AvgIpc) is 2.84. The second kappa shape index (κ2) is 5.68. The molecule has 1 aliphatic rings. The van der Waals surface area contributed by atoms with E-state index in [4.69, 9.17) is 16.3 Å². The first-order valence-electron chi connectivity index (χ1n) is 6.10. The Labute approximate surface area is 121 Å². The minimum Gasteiger partial charge on any atom is -0.373 e. The number of ether oxygens (including phenoxy) is 1. The van der Waals surface area contributed by atoms with Crippen LogP contribution in [0.2, 0.25) is 0 Å². The molecular formula is C13H11ClF6O. The fourth-order valence-corrected chi connectivity index (χ4v) is 2.62. The average molecular weight is 333 g/mol. The third-order valence-electron chi connectivity index (χ3n) is 3.35. The lowest BCUT2D eigenvalue weighted by atomic mass is 9.94. The van der Waals surface area contributed by atoms with E-state index in [0.29, 0.717) is 18.6 Å². The molecule has 1 fully saturated rings. The van der Waals surface area contributed by atoms with Gasteiger partial charge in [0.2, 0.25) is 0 Å². The van der Waals surface area contributed by atoms with E-state index in [0.717, 1.165) is 0 Å². The number of alkyl halides is 7. The Bertz CT molecular complexity index is 478. The van der Waals surface area contributed by atoms with Crippen molar-refractivity contribution in [3.8, 4) is 0 Å². The van der Waals surface area contributed by atoms with Crippen LogP contribution in [0, 0.1) is 5.92 Å². The molecule has 1 aromatic rings. The van der Waals surface area contributed by atoms with E-state index < -0.39 is 29.6 Å². The molecule has 2 rings (SSSR count). The van der Waals surface area contributed by atoms with Gasteiger partial charge >= 0.3 is 12.4 Å². The first kappa shape index (κ1) is 16.4. The molecule has 0 spiro atoms. The van der Waals surface area contributed by atoms with Gasteiger partial charge in [0.25, 0.3) is 0 Å². The molecule has 0 aliphatic carbocycles. The van der Waals surface area contributed by atoms with E-state index in [1.54, 1.807) is 0 Å². The summed E-state index contributed by atoms with van der Waals surface area (Å²) in [6, 6.07) is 1.50. The van der Waals surface area contributed by atoms with Crippen molar-refractivity contribution in [3.05, 3.63) is 34.9 Å². The van der Waals surface area contributed by atoms with Crippen molar-refractivity contribution in [1.29, 1.82) is 0 Å². The molecule has 1 nitrogen and oxygen atoms in total. The Morgan fingerprint density at radius 2 is 1.52 bits per heavy atom. The summed E-state index contributed by atoms with van der Waals surface area (Å²) in [6.07, 6.45) is -10.0. The number of hydrogen-bond donors (Lipinski definition) is 0. The predicted octanol–water partition coefficient (Wildman–Crippen LogP) is 5.04. The second-order valence-electron chi connectivity index (χ2n) is 4.83. The zero-order chi connectivity index (χ0) is 15.8. The topological polar surface area (TPSA) is 9.23 Å². The zero-order valence-corrected chi connectivity index (χ0v) is 11.3. The van der Waals surface area contributed by atoms with E-state index in [2.05, 4.69) is 0 Å². The molecule has 2 atom stereocenters. The molecule has 0 N–H and O–H groups in total. The van der Waals surface area contributed by atoms with Crippen LogP contribution >= 0.6 is 11.6 Å². The van der Waals surface area contributed by atoms with Crippen LogP contribution in [-0.2, 0) is 17.1 Å². The predicted molar refractivity (Wildman–Crippen MR) is 64.0 cm³/mol. The van der Waals surface area contributed by atoms with Gasteiger partial charge in [0.05, 0.1) is 17.2 Å². The maximum Gasteiger partial charge on any atom is 0.416 e.